The second-order valence-electron chi connectivity index (χ2n) is 8.52. The summed E-state index contributed by atoms with van der Waals surface area (Å²) in [5, 5.41) is 14.2. The third-order valence-electron chi connectivity index (χ3n) is 6.50. The molecule has 1 fully saturated rings. The van der Waals surface area contributed by atoms with Gasteiger partial charge in [0.05, 0.1) is 11.6 Å². The van der Waals surface area contributed by atoms with Crippen LogP contribution in [0, 0.1) is 0 Å². The molecular formula is C28H26N2O3. The molecular weight excluding hydrogens is 412 g/mol. The van der Waals surface area contributed by atoms with E-state index < -0.39 is 17.7 Å². The van der Waals surface area contributed by atoms with Gasteiger partial charge in [0.1, 0.15) is 5.76 Å². The zero-order valence-corrected chi connectivity index (χ0v) is 18.5. The summed E-state index contributed by atoms with van der Waals surface area (Å²) in [6.45, 7) is 2.57. The summed E-state index contributed by atoms with van der Waals surface area (Å²) in [5.74, 6) is -1.31. The molecule has 1 saturated heterocycles. The first-order valence-electron chi connectivity index (χ1n) is 11.4. The number of aromatic amines is 1. The second-order valence-corrected chi connectivity index (χ2v) is 8.52. The van der Waals surface area contributed by atoms with E-state index in [2.05, 4.69) is 11.9 Å². The first-order valence-corrected chi connectivity index (χ1v) is 11.4. The van der Waals surface area contributed by atoms with Crippen molar-refractivity contribution < 1.29 is 14.7 Å². The van der Waals surface area contributed by atoms with Gasteiger partial charge in [-0.05, 0) is 23.3 Å². The number of Topliss-reactive ketones (excluding diaryl/α,β-unsaturated/α-hetero) is 1. The van der Waals surface area contributed by atoms with Crippen LogP contribution in [0.4, 0.5) is 0 Å². The van der Waals surface area contributed by atoms with E-state index in [1.807, 2.05) is 66.9 Å². The number of carbonyl (C=O) groups is 2. The minimum absolute atomic E-state index is 0.126. The number of aromatic nitrogens is 1. The lowest BCUT2D eigenvalue weighted by molar-refractivity contribution is -0.139. The molecule has 1 aliphatic rings. The zero-order valence-electron chi connectivity index (χ0n) is 18.5. The molecule has 2 heterocycles. The summed E-state index contributed by atoms with van der Waals surface area (Å²) >= 11 is 0. The van der Waals surface area contributed by atoms with Crippen molar-refractivity contribution in [3.8, 4) is 0 Å². The number of nitrogens with one attached hydrogen (secondary N) is 1. The third kappa shape index (κ3) is 3.50. The smallest absolute Gasteiger partial charge is 0.295 e. The van der Waals surface area contributed by atoms with Crippen LogP contribution < -0.4 is 0 Å². The van der Waals surface area contributed by atoms with E-state index in [-0.39, 0.29) is 11.3 Å². The van der Waals surface area contributed by atoms with Crippen molar-refractivity contribution >= 4 is 39.1 Å². The van der Waals surface area contributed by atoms with Gasteiger partial charge in [0.2, 0.25) is 0 Å². The summed E-state index contributed by atoms with van der Waals surface area (Å²) in [6, 6.07) is 20.5. The number of para-hydroxylation sites is 1. The predicted octanol–water partition coefficient (Wildman–Crippen LogP) is 5.93. The second kappa shape index (κ2) is 8.58. The Morgan fingerprint density at radius 3 is 2.48 bits per heavy atom. The number of nitrogens with zero attached hydrogens (tertiary/aromatic N) is 1. The highest BCUT2D eigenvalue weighted by molar-refractivity contribution is 6.46. The molecule has 1 atom stereocenters. The highest BCUT2D eigenvalue weighted by Crippen LogP contribution is 2.42. The van der Waals surface area contributed by atoms with Gasteiger partial charge < -0.3 is 15.0 Å². The molecule has 2 N–H and O–H groups in total. The van der Waals surface area contributed by atoms with Crippen LogP contribution in [0.5, 0.6) is 0 Å². The Balaban J connectivity index is 1.73. The SMILES string of the molecule is CCCCCN1C(=O)C(=O)/C(=C(/O)c2cccc3ccccc23)C1c1c[nH]c2ccccc12. The Bertz CT molecular complexity index is 1390. The standard InChI is InChI=1S/C28H26N2O3/c1-2-3-8-16-30-25(22-17-29-23-15-7-6-13-20(22)23)24(27(32)28(30)33)26(31)21-14-9-11-18-10-4-5-12-19(18)21/h4-7,9-15,17,25,29,31H,2-3,8,16H2,1H3/b26-24+. The minimum atomic E-state index is -0.642. The van der Waals surface area contributed by atoms with Crippen molar-refractivity contribution in [2.75, 3.05) is 6.54 Å². The van der Waals surface area contributed by atoms with Crippen LogP contribution in [0.3, 0.4) is 0 Å². The molecule has 5 heteroatoms. The van der Waals surface area contributed by atoms with Crippen LogP contribution in [-0.4, -0.2) is 33.2 Å². The molecule has 0 bridgehead atoms. The largest absolute Gasteiger partial charge is 0.507 e. The van der Waals surface area contributed by atoms with E-state index in [0.717, 1.165) is 46.5 Å². The van der Waals surface area contributed by atoms with Crippen LogP contribution in [0.25, 0.3) is 27.4 Å². The number of benzene rings is 3. The summed E-state index contributed by atoms with van der Waals surface area (Å²) < 4.78 is 0. The van der Waals surface area contributed by atoms with Crippen LogP contribution in [-0.2, 0) is 9.59 Å². The van der Waals surface area contributed by atoms with Gasteiger partial charge in [0.25, 0.3) is 11.7 Å². The van der Waals surface area contributed by atoms with Gasteiger partial charge in [-0.1, -0.05) is 80.4 Å². The molecule has 0 spiro atoms. The summed E-state index contributed by atoms with van der Waals surface area (Å²) in [6.07, 6.45) is 4.63. The number of amides is 1. The van der Waals surface area contributed by atoms with Crippen LogP contribution >= 0.6 is 0 Å². The fourth-order valence-electron chi connectivity index (χ4n) is 4.86. The number of aliphatic hydroxyl groups excluding tert-OH is 1. The van der Waals surface area contributed by atoms with Crippen molar-refractivity contribution in [2.45, 2.75) is 32.2 Å². The predicted molar refractivity (Wildman–Crippen MR) is 131 cm³/mol. The molecule has 1 aromatic heterocycles. The zero-order chi connectivity index (χ0) is 22.9. The number of hydrogen-bond acceptors (Lipinski definition) is 3. The Hall–Kier alpha value is -3.86. The Labute approximate surface area is 192 Å². The molecule has 3 aromatic carbocycles. The first kappa shape index (κ1) is 21.0. The van der Waals surface area contributed by atoms with Crippen LogP contribution in [0.2, 0.25) is 0 Å². The number of H-pyrrole nitrogens is 1. The summed E-state index contributed by atoms with van der Waals surface area (Å²) in [4.78, 5) is 31.4. The number of ketones is 1. The lowest BCUT2D eigenvalue weighted by Crippen LogP contribution is -2.30. The minimum Gasteiger partial charge on any atom is -0.507 e. The van der Waals surface area contributed by atoms with Gasteiger partial charge in [0, 0.05) is 34.8 Å². The maximum atomic E-state index is 13.3. The van der Waals surface area contributed by atoms with Crippen molar-refractivity contribution in [1.29, 1.82) is 0 Å². The van der Waals surface area contributed by atoms with Crippen molar-refractivity contribution in [1.82, 2.24) is 9.88 Å². The number of carbonyl (C=O) groups excluding carboxylic acids is 2. The Kier molecular flexibility index (Phi) is 5.47. The van der Waals surface area contributed by atoms with Crippen LogP contribution in [0.1, 0.15) is 43.4 Å². The average molecular weight is 439 g/mol. The Morgan fingerprint density at radius 2 is 1.67 bits per heavy atom. The van der Waals surface area contributed by atoms with Gasteiger partial charge in [-0.25, -0.2) is 0 Å². The molecule has 0 saturated carbocycles. The van der Waals surface area contributed by atoms with E-state index in [1.165, 1.54) is 0 Å². The van der Waals surface area contributed by atoms with Crippen molar-refractivity contribution in [3.05, 3.63) is 89.6 Å². The summed E-state index contributed by atoms with van der Waals surface area (Å²) in [5.41, 5.74) is 2.46. The fourth-order valence-corrected chi connectivity index (χ4v) is 4.86. The van der Waals surface area contributed by atoms with Crippen molar-refractivity contribution in [3.63, 3.8) is 0 Å². The first-order chi connectivity index (χ1) is 16.1. The highest BCUT2D eigenvalue weighted by Gasteiger charge is 2.46. The summed E-state index contributed by atoms with van der Waals surface area (Å²) in [7, 11) is 0. The Morgan fingerprint density at radius 1 is 0.939 bits per heavy atom. The highest BCUT2D eigenvalue weighted by atomic mass is 16.3. The molecule has 0 aliphatic carbocycles. The topological polar surface area (TPSA) is 73.4 Å². The molecule has 1 aliphatic heterocycles. The van der Waals surface area contributed by atoms with E-state index in [1.54, 1.807) is 11.0 Å². The molecule has 4 aromatic rings. The quantitative estimate of drug-likeness (QED) is 0.169. The van der Waals surface area contributed by atoms with E-state index in [4.69, 9.17) is 0 Å². The maximum Gasteiger partial charge on any atom is 0.295 e. The number of likely N-dealkylation sites (tertiary alicyclic amines) is 1. The molecule has 0 radical (unpaired) electrons. The molecule has 5 rings (SSSR count). The number of unbranched alkanes of at least 4 members (excludes halogenated alkanes) is 2. The van der Waals surface area contributed by atoms with E-state index in [9.17, 15) is 14.7 Å². The number of aliphatic hydroxyl groups is 1. The molecule has 5 nitrogen and oxygen atoms in total. The average Bonchev–Trinajstić information content (AvgIpc) is 3.37. The normalized spacial score (nSPS) is 18.0. The molecule has 33 heavy (non-hydrogen) atoms. The van der Waals surface area contributed by atoms with Crippen molar-refractivity contribution in [2.24, 2.45) is 0 Å². The van der Waals surface area contributed by atoms with Gasteiger partial charge in [0.15, 0.2) is 0 Å². The van der Waals surface area contributed by atoms with Gasteiger partial charge >= 0.3 is 0 Å². The molecule has 1 unspecified atom stereocenters. The monoisotopic (exact) mass is 438 g/mol. The maximum absolute atomic E-state index is 13.3. The van der Waals surface area contributed by atoms with E-state index in [0.29, 0.717) is 12.1 Å². The van der Waals surface area contributed by atoms with Crippen LogP contribution in [0.15, 0.2) is 78.5 Å². The van der Waals surface area contributed by atoms with Gasteiger partial charge in [-0.2, -0.15) is 0 Å². The van der Waals surface area contributed by atoms with Gasteiger partial charge in [-0.3, -0.25) is 9.59 Å². The van der Waals surface area contributed by atoms with E-state index >= 15 is 0 Å². The third-order valence-corrected chi connectivity index (χ3v) is 6.50. The number of hydrogen-bond donors (Lipinski definition) is 2. The lowest BCUT2D eigenvalue weighted by Gasteiger charge is -2.25. The number of rotatable bonds is 6. The fraction of sp³-hybridized carbons (Fsp3) is 0.214. The lowest BCUT2D eigenvalue weighted by atomic mass is 9.93. The van der Waals surface area contributed by atoms with Gasteiger partial charge in [-0.15, -0.1) is 0 Å². The molecule has 1 amide bonds. The molecule has 166 valence electrons. The number of fused-ring (bicyclic) bond motifs is 2.